The van der Waals surface area contributed by atoms with E-state index in [4.69, 9.17) is 13.9 Å². The molecule has 0 radical (unpaired) electrons. The van der Waals surface area contributed by atoms with Crippen molar-refractivity contribution >= 4 is 5.97 Å². The van der Waals surface area contributed by atoms with Crippen molar-refractivity contribution in [3.05, 3.63) is 41.5 Å². The van der Waals surface area contributed by atoms with Crippen molar-refractivity contribution in [2.24, 2.45) is 5.92 Å². The highest BCUT2D eigenvalue weighted by molar-refractivity contribution is 5.70. The van der Waals surface area contributed by atoms with E-state index >= 15 is 0 Å². The number of aryl methyl sites for hydroxylation is 1. The van der Waals surface area contributed by atoms with Gasteiger partial charge < -0.3 is 19.0 Å². The third-order valence-corrected chi connectivity index (χ3v) is 4.34. The quantitative estimate of drug-likeness (QED) is 0.799. The number of carbonyl (C=O) groups is 1. The van der Waals surface area contributed by atoms with E-state index in [1.165, 1.54) is 0 Å². The maximum absolute atomic E-state index is 11.6. The van der Waals surface area contributed by atoms with Crippen LogP contribution in [0.2, 0.25) is 0 Å². The minimum Gasteiger partial charge on any atom is -0.481 e. The van der Waals surface area contributed by atoms with Crippen molar-refractivity contribution in [2.45, 2.75) is 26.6 Å². The Bertz CT molecular complexity index is 711. The van der Waals surface area contributed by atoms with E-state index in [9.17, 15) is 9.90 Å². The lowest BCUT2D eigenvalue weighted by atomic mass is 10.1. The minimum absolute atomic E-state index is 0.136. The predicted molar refractivity (Wildman–Crippen MR) is 87.6 cm³/mol. The highest BCUT2D eigenvalue weighted by Crippen LogP contribution is 2.17. The normalized spacial score (nSPS) is 19.8. The lowest BCUT2D eigenvalue weighted by Crippen LogP contribution is -2.34. The van der Waals surface area contributed by atoms with E-state index in [1.54, 1.807) is 19.3 Å². The zero-order valence-corrected chi connectivity index (χ0v) is 14.2. The number of aromatic nitrogens is 1. The van der Waals surface area contributed by atoms with E-state index < -0.39 is 11.9 Å². The monoisotopic (exact) mass is 349 g/mol. The Balaban J connectivity index is 1.65. The second-order valence-corrected chi connectivity index (χ2v) is 6.39. The van der Waals surface area contributed by atoms with Gasteiger partial charge in [-0.1, -0.05) is 0 Å². The zero-order chi connectivity index (χ0) is 17.8. The molecule has 136 valence electrons. The van der Waals surface area contributed by atoms with Crippen molar-refractivity contribution in [3.8, 4) is 0 Å². The van der Waals surface area contributed by atoms with Gasteiger partial charge in [0.2, 0.25) is 0 Å². The van der Waals surface area contributed by atoms with Gasteiger partial charge >= 0.3 is 5.97 Å². The summed E-state index contributed by atoms with van der Waals surface area (Å²) in [7, 11) is 0. The van der Waals surface area contributed by atoms with Crippen LogP contribution in [0.3, 0.4) is 0 Å². The van der Waals surface area contributed by atoms with Gasteiger partial charge in [-0.3, -0.25) is 14.6 Å². The van der Waals surface area contributed by atoms with Crippen LogP contribution in [0.1, 0.15) is 23.1 Å². The summed E-state index contributed by atoms with van der Waals surface area (Å²) in [6.07, 6.45) is 1.62. The van der Waals surface area contributed by atoms with E-state index in [0.717, 1.165) is 24.5 Å². The molecule has 0 spiro atoms. The van der Waals surface area contributed by atoms with Crippen LogP contribution in [0.25, 0.3) is 0 Å². The molecule has 25 heavy (non-hydrogen) atoms. The van der Waals surface area contributed by atoms with Crippen LogP contribution in [-0.2, 0) is 24.5 Å². The van der Waals surface area contributed by atoms with Gasteiger partial charge in [0.05, 0.1) is 18.2 Å². The smallest absolute Gasteiger partial charge is 0.309 e. The van der Waals surface area contributed by atoms with Crippen molar-refractivity contribution < 1.29 is 23.8 Å². The summed E-state index contributed by atoms with van der Waals surface area (Å²) >= 11 is 0. The number of carboxylic acid groups (broad SMARTS) is 1. The molecule has 0 amide bonds. The van der Waals surface area contributed by atoms with Crippen LogP contribution in [0.15, 0.2) is 27.2 Å². The third kappa shape index (κ3) is 4.68. The molecule has 0 aliphatic carbocycles. The summed E-state index contributed by atoms with van der Waals surface area (Å²) in [6.45, 7) is 5.15. The Labute approximate surface area is 145 Å². The Morgan fingerprint density at radius 3 is 2.48 bits per heavy atom. The van der Waals surface area contributed by atoms with E-state index in [-0.39, 0.29) is 6.61 Å². The number of hydrogen-bond donors (Lipinski definition) is 2. The molecule has 1 fully saturated rings. The Kier molecular flexibility index (Phi) is 5.52. The Morgan fingerprint density at radius 2 is 1.92 bits per heavy atom. The second-order valence-electron chi connectivity index (χ2n) is 6.39. The molecule has 8 nitrogen and oxygen atoms in total. The second kappa shape index (κ2) is 7.81. The summed E-state index contributed by atoms with van der Waals surface area (Å²) in [5.74, 6) is 0.571. The number of carboxylic acids is 1. The lowest BCUT2D eigenvalue weighted by Gasteiger charge is -2.20. The van der Waals surface area contributed by atoms with Crippen LogP contribution in [0.5, 0.6) is 0 Å². The average Bonchev–Trinajstić information content (AvgIpc) is 3.14. The zero-order valence-electron chi connectivity index (χ0n) is 14.2. The van der Waals surface area contributed by atoms with E-state index in [2.05, 4.69) is 14.8 Å². The molecule has 8 heteroatoms. The van der Waals surface area contributed by atoms with Gasteiger partial charge in [-0.05, 0) is 12.1 Å². The first-order valence-electron chi connectivity index (χ1n) is 8.30. The summed E-state index contributed by atoms with van der Waals surface area (Å²) in [4.78, 5) is 20.1. The molecule has 1 unspecified atom stereocenters. The molecule has 1 aliphatic heterocycles. The SMILES string of the molecule is Cc1nc(CN2CCN(Cc3ccc(CO)o3)CC(C(=O)O)C2)co1. The fourth-order valence-electron chi connectivity index (χ4n) is 3.11. The Morgan fingerprint density at radius 1 is 1.24 bits per heavy atom. The first-order valence-corrected chi connectivity index (χ1v) is 8.30. The fourth-order valence-corrected chi connectivity index (χ4v) is 3.11. The van der Waals surface area contributed by atoms with E-state index in [0.29, 0.717) is 37.8 Å². The van der Waals surface area contributed by atoms with Crippen LogP contribution in [0.4, 0.5) is 0 Å². The van der Waals surface area contributed by atoms with Crippen molar-refractivity contribution in [2.75, 3.05) is 26.2 Å². The number of furan rings is 1. The van der Waals surface area contributed by atoms with Gasteiger partial charge in [-0.15, -0.1) is 0 Å². The van der Waals surface area contributed by atoms with E-state index in [1.807, 2.05) is 6.07 Å². The van der Waals surface area contributed by atoms with Gasteiger partial charge in [0.15, 0.2) is 5.89 Å². The summed E-state index contributed by atoms with van der Waals surface area (Å²) in [6, 6.07) is 3.56. The van der Waals surface area contributed by atoms with Crippen molar-refractivity contribution in [1.82, 2.24) is 14.8 Å². The average molecular weight is 349 g/mol. The number of oxazole rings is 1. The molecule has 0 bridgehead atoms. The topological polar surface area (TPSA) is 103 Å². The molecule has 2 N–H and O–H groups in total. The lowest BCUT2D eigenvalue weighted by molar-refractivity contribution is -0.142. The fraction of sp³-hybridized carbons (Fsp3) is 0.529. The Hall–Kier alpha value is -2.16. The molecule has 0 saturated carbocycles. The predicted octanol–water partition coefficient (Wildman–Crippen LogP) is 1.09. The molecular formula is C17H23N3O5. The molecular weight excluding hydrogens is 326 g/mol. The van der Waals surface area contributed by atoms with Crippen LogP contribution in [0, 0.1) is 12.8 Å². The molecule has 1 aliphatic rings. The minimum atomic E-state index is -0.802. The molecule has 1 saturated heterocycles. The van der Waals surface area contributed by atoms with Crippen molar-refractivity contribution in [1.29, 1.82) is 0 Å². The number of rotatable bonds is 6. The summed E-state index contributed by atoms with van der Waals surface area (Å²) in [5.41, 5.74) is 0.814. The number of aliphatic hydroxyl groups is 1. The standard InChI is InChI=1S/C17H23N3O5/c1-12-18-14(11-24-12)8-19-4-5-20(7-13(6-19)17(22)23)9-15-2-3-16(10-21)25-15/h2-3,11,13,21H,4-10H2,1H3,(H,22,23). The highest BCUT2D eigenvalue weighted by atomic mass is 16.4. The first kappa shape index (κ1) is 17.7. The molecule has 2 aromatic rings. The maximum Gasteiger partial charge on any atom is 0.309 e. The number of hydrogen-bond acceptors (Lipinski definition) is 7. The largest absolute Gasteiger partial charge is 0.481 e. The van der Waals surface area contributed by atoms with Crippen molar-refractivity contribution in [3.63, 3.8) is 0 Å². The van der Waals surface area contributed by atoms with Crippen LogP contribution >= 0.6 is 0 Å². The van der Waals surface area contributed by atoms with Gasteiger partial charge in [0, 0.05) is 39.6 Å². The highest BCUT2D eigenvalue weighted by Gasteiger charge is 2.28. The van der Waals surface area contributed by atoms with Crippen LogP contribution < -0.4 is 0 Å². The van der Waals surface area contributed by atoms with Gasteiger partial charge in [0.25, 0.3) is 0 Å². The van der Waals surface area contributed by atoms with Gasteiger partial charge in [-0.2, -0.15) is 0 Å². The third-order valence-electron chi connectivity index (χ3n) is 4.34. The molecule has 2 aromatic heterocycles. The number of nitrogens with zero attached hydrogens (tertiary/aromatic N) is 3. The molecule has 1 atom stereocenters. The first-order chi connectivity index (χ1) is 12.0. The summed E-state index contributed by atoms with van der Waals surface area (Å²) in [5, 5.41) is 18.6. The van der Waals surface area contributed by atoms with Crippen LogP contribution in [-0.4, -0.2) is 57.1 Å². The maximum atomic E-state index is 11.6. The number of aliphatic carboxylic acids is 1. The van der Waals surface area contributed by atoms with Gasteiger partial charge in [0.1, 0.15) is 24.4 Å². The van der Waals surface area contributed by atoms with Gasteiger partial charge in [-0.25, -0.2) is 4.98 Å². The number of aliphatic hydroxyl groups excluding tert-OH is 1. The summed E-state index contributed by atoms with van der Waals surface area (Å²) < 4.78 is 10.7. The molecule has 3 heterocycles. The molecule has 3 rings (SSSR count). The molecule has 0 aromatic carbocycles.